The van der Waals surface area contributed by atoms with Crippen molar-refractivity contribution in [2.75, 3.05) is 25.0 Å². The summed E-state index contributed by atoms with van der Waals surface area (Å²) in [4.78, 5) is 31.1. The summed E-state index contributed by atoms with van der Waals surface area (Å²) in [5, 5.41) is 3.10. The van der Waals surface area contributed by atoms with E-state index in [0.29, 0.717) is 12.3 Å². The molecule has 1 N–H and O–H groups in total. The molecule has 1 amide bonds. The first-order valence-electron chi connectivity index (χ1n) is 8.48. The number of hydrogen-bond acceptors (Lipinski definition) is 5. The molecule has 3 rings (SSSR count). The molecule has 0 bridgehead atoms. The lowest BCUT2D eigenvalue weighted by Crippen LogP contribution is -2.29. The number of aromatic nitrogens is 2. The van der Waals surface area contributed by atoms with Gasteiger partial charge >= 0.3 is 0 Å². The van der Waals surface area contributed by atoms with Crippen LogP contribution < -0.4 is 15.8 Å². The van der Waals surface area contributed by atoms with Gasteiger partial charge in [0.15, 0.2) is 0 Å². The van der Waals surface area contributed by atoms with Gasteiger partial charge in [0.2, 0.25) is 5.71 Å². The Hall–Kier alpha value is -3.09. The first kappa shape index (κ1) is 17.7. The van der Waals surface area contributed by atoms with Crippen molar-refractivity contribution in [3.8, 4) is 0 Å². The summed E-state index contributed by atoms with van der Waals surface area (Å²) in [5.41, 5.74) is 1.30. The van der Waals surface area contributed by atoms with Crippen molar-refractivity contribution in [2.45, 2.75) is 13.3 Å². The predicted molar refractivity (Wildman–Crippen MR) is 101 cm³/mol. The second-order valence-electron chi connectivity index (χ2n) is 6.24. The number of fused-ring (bicyclic) bond motifs is 1. The van der Waals surface area contributed by atoms with Gasteiger partial charge in [0, 0.05) is 32.9 Å². The number of carbonyl (C=O) groups excluding carboxylic acids is 1. The van der Waals surface area contributed by atoms with E-state index in [0.717, 1.165) is 18.7 Å². The van der Waals surface area contributed by atoms with Crippen molar-refractivity contribution in [3.05, 3.63) is 58.3 Å². The first-order chi connectivity index (χ1) is 12.5. The average Bonchev–Trinajstić information content (AvgIpc) is 2.99. The molecule has 0 radical (unpaired) electrons. The molecule has 2 heterocycles. The molecule has 0 unspecified atom stereocenters. The Morgan fingerprint density at radius 2 is 2.04 bits per heavy atom. The second kappa shape index (κ2) is 7.43. The highest BCUT2D eigenvalue weighted by molar-refractivity contribution is 6.06. The summed E-state index contributed by atoms with van der Waals surface area (Å²) in [7, 11) is 3.61. The van der Waals surface area contributed by atoms with E-state index < -0.39 is 0 Å². The number of rotatable bonds is 6. The van der Waals surface area contributed by atoms with Crippen LogP contribution in [0.25, 0.3) is 11.1 Å². The van der Waals surface area contributed by atoms with Crippen LogP contribution in [0.1, 0.15) is 22.5 Å². The smallest absolute Gasteiger partial charge is 0.265 e. The number of amides is 1. The van der Waals surface area contributed by atoms with Crippen LogP contribution in [0.4, 0.5) is 5.69 Å². The van der Waals surface area contributed by atoms with Crippen LogP contribution in [0.15, 0.2) is 45.9 Å². The van der Waals surface area contributed by atoms with Gasteiger partial charge in [0.1, 0.15) is 17.5 Å². The van der Waals surface area contributed by atoms with Crippen LogP contribution in [0.3, 0.4) is 0 Å². The van der Waals surface area contributed by atoms with E-state index in [2.05, 4.69) is 15.2 Å². The van der Waals surface area contributed by atoms with Crippen molar-refractivity contribution in [1.82, 2.24) is 14.9 Å². The maximum absolute atomic E-state index is 12.6. The van der Waals surface area contributed by atoms with Gasteiger partial charge in [-0.1, -0.05) is 18.2 Å². The van der Waals surface area contributed by atoms with Crippen LogP contribution in [-0.2, 0) is 7.05 Å². The van der Waals surface area contributed by atoms with Crippen LogP contribution in [0, 0.1) is 6.92 Å². The van der Waals surface area contributed by atoms with Gasteiger partial charge in [-0.15, -0.1) is 0 Å². The summed E-state index contributed by atoms with van der Waals surface area (Å²) in [6, 6.07) is 10.1. The van der Waals surface area contributed by atoms with E-state index in [1.165, 1.54) is 10.9 Å². The van der Waals surface area contributed by atoms with Gasteiger partial charge in [-0.2, -0.15) is 0 Å². The summed E-state index contributed by atoms with van der Waals surface area (Å²) in [5.74, 6) is 0.0865. The molecule has 0 aliphatic heterocycles. The standard InChI is InChI=1S/C19H22N4O3/c1-13-15(16-18(26-13)21-12-23(3)19(16)25)17(24)20-10-7-11-22(2)14-8-5-4-6-9-14/h4-6,8-9,12H,7,10-11H2,1-3H3,(H,20,24). The summed E-state index contributed by atoms with van der Waals surface area (Å²) < 4.78 is 6.80. The molecular formula is C19H22N4O3. The number of para-hydroxylation sites is 1. The van der Waals surface area contributed by atoms with Crippen molar-refractivity contribution in [3.63, 3.8) is 0 Å². The normalized spacial score (nSPS) is 10.9. The Morgan fingerprint density at radius 1 is 1.31 bits per heavy atom. The van der Waals surface area contributed by atoms with Gasteiger partial charge in [-0.25, -0.2) is 4.98 Å². The molecule has 0 saturated carbocycles. The third kappa shape index (κ3) is 3.46. The second-order valence-corrected chi connectivity index (χ2v) is 6.24. The van der Waals surface area contributed by atoms with E-state index in [1.807, 2.05) is 37.4 Å². The number of furan rings is 1. The van der Waals surface area contributed by atoms with Gasteiger partial charge in [0.05, 0.1) is 5.56 Å². The molecule has 0 aliphatic carbocycles. The topological polar surface area (TPSA) is 80.4 Å². The van der Waals surface area contributed by atoms with Crippen molar-refractivity contribution in [1.29, 1.82) is 0 Å². The molecule has 26 heavy (non-hydrogen) atoms. The van der Waals surface area contributed by atoms with Gasteiger partial charge in [-0.3, -0.25) is 9.59 Å². The van der Waals surface area contributed by atoms with E-state index in [1.54, 1.807) is 14.0 Å². The van der Waals surface area contributed by atoms with Gasteiger partial charge in [0.25, 0.3) is 11.5 Å². The lowest BCUT2D eigenvalue weighted by atomic mass is 10.1. The predicted octanol–water partition coefficient (Wildman–Crippen LogP) is 2.09. The maximum Gasteiger partial charge on any atom is 0.265 e. The van der Waals surface area contributed by atoms with Gasteiger partial charge in [-0.05, 0) is 25.5 Å². The summed E-state index contributed by atoms with van der Waals surface area (Å²) in [6.07, 6.45) is 2.16. The van der Waals surface area contributed by atoms with Crippen molar-refractivity contribution < 1.29 is 9.21 Å². The highest BCUT2D eigenvalue weighted by Gasteiger charge is 2.22. The third-order valence-corrected chi connectivity index (χ3v) is 4.33. The molecule has 7 nitrogen and oxygen atoms in total. The van der Waals surface area contributed by atoms with E-state index in [4.69, 9.17) is 4.42 Å². The minimum absolute atomic E-state index is 0.194. The zero-order valence-electron chi connectivity index (χ0n) is 15.2. The van der Waals surface area contributed by atoms with Gasteiger partial charge < -0.3 is 19.2 Å². The Balaban J connectivity index is 1.64. The number of hydrogen-bond donors (Lipinski definition) is 1. The Morgan fingerprint density at radius 3 is 2.77 bits per heavy atom. The van der Waals surface area contributed by atoms with Crippen LogP contribution >= 0.6 is 0 Å². The van der Waals surface area contributed by atoms with E-state index in [-0.39, 0.29) is 28.1 Å². The lowest BCUT2D eigenvalue weighted by Gasteiger charge is -2.19. The highest BCUT2D eigenvalue weighted by Crippen LogP contribution is 2.20. The molecule has 2 aromatic heterocycles. The zero-order chi connectivity index (χ0) is 18.7. The number of carbonyl (C=O) groups is 1. The van der Waals surface area contributed by atoms with Crippen molar-refractivity contribution in [2.24, 2.45) is 7.05 Å². The molecule has 0 fully saturated rings. The van der Waals surface area contributed by atoms with Crippen LogP contribution in [0.5, 0.6) is 0 Å². The number of anilines is 1. The fourth-order valence-corrected chi connectivity index (χ4v) is 2.88. The minimum Gasteiger partial charge on any atom is -0.442 e. The molecule has 0 spiro atoms. The Kier molecular flexibility index (Phi) is 5.06. The quantitative estimate of drug-likeness (QED) is 0.686. The molecule has 0 atom stereocenters. The van der Waals surface area contributed by atoms with Crippen LogP contribution in [-0.4, -0.2) is 35.6 Å². The van der Waals surface area contributed by atoms with Crippen LogP contribution in [0.2, 0.25) is 0 Å². The minimum atomic E-state index is -0.311. The summed E-state index contributed by atoms with van der Waals surface area (Å²) in [6.45, 7) is 2.97. The molecular weight excluding hydrogens is 332 g/mol. The van der Waals surface area contributed by atoms with E-state index >= 15 is 0 Å². The highest BCUT2D eigenvalue weighted by atomic mass is 16.3. The average molecular weight is 354 g/mol. The lowest BCUT2D eigenvalue weighted by molar-refractivity contribution is 0.0953. The Labute approximate surface area is 151 Å². The molecule has 3 aromatic rings. The third-order valence-electron chi connectivity index (χ3n) is 4.33. The molecule has 0 aliphatic rings. The molecule has 1 aromatic carbocycles. The molecule has 7 heteroatoms. The number of aryl methyl sites for hydroxylation is 2. The first-order valence-corrected chi connectivity index (χ1v) is 8.48. The number of nitrogens with one attached hydrogen (secondary N) is 1. The SMILES string of the molecule is Cc1oc2ncn(C)c(=O)c2c1C(=O)NCCCN(C)c1ccccc1. The summed E-state index contributed by atoms with van der Waals surface area (Å²) >= 11 is 0. The fourth-order valence-electron chi connectivity index (χ4n) is 2.88. The fraction of sp³-hybridized carbons (Fsp3) is 0.316. The zero-order valence-corrected chi connectivity index (χ0v) is 15.2. The number of benzene rings is 1. The molecule has 136 valence electrons. The number of nitrogens with zero attached hydrogens (tertiary/aromatic N) is 3. The monoisotopic (exact) mass is 354 g/mol. The Bertz CT molecular complexity index is 976. The van der Waals surface area contributed by atoms with E-state index in [9.17, 15) is 9.59 Å². The maximum atomic E-state index is 12.6. The van der Waals surface area contributed by atoms with Crippen molar-refractivity contribution >= 4 is 22.7 Å². The molecule has 0 saturated heterocycles. The largest absolute Gasteiger partial charge is 0.442 e.